The number of nitrogens with zero attached hydrogens (tertiary/aromatic N) is 2. The Bertz CT molecular complexity index is 431. The van der Waals surface area contributed by atoms with E-state index in [1.54, 1.807) is 11.8 Å². The summed E-state index contributed by atoms with van der Waals surface area (Å²) in [6.45, 7) is 0. The first-order valence-corrected chi connectivity index (χ1v) is 6.77. The normalized spacial score (nSPS) is 10.3. The van der Waals surface area contributed by atoms with Crippen LogP contribution in [0.2, 0.25) is 0 Å². The molecule has 82 valence electrons. The maximum Gasteiger partial charge on any atom is 0.0960 e. The van der Waals surface area contributed by atoms with Gasteiger partial charge in [0.2, 0.25) is 0 Å². The lowest BCUT2D eigenvalue weighted by Gasteiger charge is -2.00. The highest BCUT2D eigenvalue weighted by Crippen LogP contribution is 2.18. The van der Waals surface area contributed by atoms with Gasteiger partial charge in [-0.1, -0.05) is 6.07 Å². The molecule has 0 amide bonds. The van der Waals surface area contributed by atoms with E-state index in [2.05, 4.69) is 32.0 Å². The Hall–Kier alpha value is -0.870. The lowest BCUT2D eigenvalue weighted by molar-refractivity contribution is 1.04. The Morgan fingerprint density at radius 1 is 1.12 bits per heavy atom. The molecule has 0 radical (unpaired) electrons. The average Bonchev–Trinajstić information content (AvgIpc) is 2.33. The van der Waals surface area contributed by atoms with Crippen molar-refractivity contribution in [1.82, 2.24) is 9.97 Å². The molecule has 0 aliphatic rings. The van der Waals surface area contributed by atoms with Gasteiger partial charge in [-0.05, 0) is 46.6 Å². The second kappa shape index (κ2) is 6.01. The molecule has 0 N–H and O–H groups in total. The second-order valence-corrected chi connectivity index (χ2v) is 5.27. The number of aryl methyl sites for hydroxylation is 1. The van der Waals surface area contributed by atoms with Crippen LogP contribution in [0, 0.1) is 0 Å². The molecule has 0 spiro atoms. The molecule has 0 aromatic carbocycles. The molecule has 2 aromatic rings. The summed E-state index contributed by atoms with van der Waals surface area (Å²) in [6, 6.07) is 10.0. The van der Waals surface area contributed by atoms with Gasteiger partial charge in [0.15, 0.2) is 0 Å². The van der Waals surface area contributed by atoms with Gasteiger partial charge in [-0.25, -0.2) is 4.98 Å². The number of aromatic nitrogens is 2. The van der Waals surface area contributed by atoms with Gasteiger partial charge < -0.3 is 0 Å². The zero-order valence-electron chi connectivity index (χ0n) is 8.64. The van der Waals surface area contributed by atoms with Gasteiger partial charge in [0.1, 0.15) is 0 Å². The van der Waals surface area contributed by atoms with Crippen LogP contribution in [0.15, 0.2) is 52.2 Å². The Balaban J connectivity index is 1.82. The van der Waals surface area contributed by atoms with Crippen LogP contribution in [0.25, 0.3) is 0 Å². The third-order valence-electron chi connectivity index (χ3n) is 2.03. The molecule has 0 saturated heterocycles. The highest BCUT2D eigenvalue weighted by molar-refractivity contribution is 9.10. The Kier molecular flexibility index (Phi) is 4.36. The van der Waals surface area contributed by atoms with Gasteiger partial charge in [-0.3, -0.25) is 4.98 Å². The Morgan fingerprint density at radius 2 is 2.06 bits per heavy atom. The highest BCUT2D eigenvalue weighted by atomic mass is 79.9. The van der Waals surface area contributed by atoms with Crippen LogP contribution >= 0.6 is 27.7 Å². The lowest BCUT2D eigenvalue weighted by atomic mass is 10.3. The summed E-state index contributed by atoms with van der Waals surface area (Å²) in [7, 11) is 0. The fourth-order valence-electron chi connectivity index (χ4n) is 1.25. The third kappa shape index (κ3) is 3.61. The number of halogens is 1. The first-order chi connectivity index (χ1) is 7.84. The summed E-state index contributed by atoms with van der Waals surface area (Å²) >= 11 is 5.12. The van der Waals surface area contributed by atoms with Crippen LogP contribution in [-0.2, 0) is 6.42 Å². The van der Waals surface area contributed by atoms with E-state index in [0.29, 0.717) is 0 Å². The van der Waals surface area contributed by atoms with Crippen molar-refractivity contribution in [3.63, 3.8) is 0 Å². The molecule has 16 heavy (non-hydrogen) atoms. The van der Waals surface area contributed by atoms with Crippen LogP contribution < -0.4 is 0 Å². The van der Waals surface area contributed by atoms with Crippen molar-refractivity contribution in [1.29, 1.82) is 0 Å². The summed E-state index contributed by atoms with van der Waals surface area (Å²) in [4.78, 5) is 8.59. The molecule has 2 nitrogen and oxygen atoms in total. The average molecular weight is 295 g/mol. The van der Waals surface area contributed by atoms with E-state index in [0.717, 1.165) is 27.4 Å². The Labute approximate surface area is 108 Å². The van der Waals surface area contributed by atoms with E-state index in [1.807, 2.05) is 36.7 Å². The maximum absolute atomic E-state index is 4.31. The number of thioether (sulfide) groups is 1. The van der Waals surface area contributed by atoms with E-state index in [1.165, 1.54) is 0 Å². The fraction of sp³-hybridized carbons (Fsp3) is 0.167. The molecule has 0 saturated carbocycles. The van der Waals surface area contributed by atoms with Crippen molar-refractivity contribution >= 4 is 27.7 Å². The van der Waals surface area contributed by atoms with E-state index in [-0.39, 0.29) is 0 Å². The number of pyridine rings is 2. The zero-order valence-corrected chi connectivity index (χ0v) is 11.0. The molecule has 2 aromatic heterocycles. The third-order valence-corrected chi connectivity index (χ3v) is 3.45. The van der Waals surface area contributed by atoms with Crippen LogP contribution in [-0.4, -0.2) is 15.7 Å². The molecule has 0 aliphatic carbocycles. The van der Waals surface area contributed by atoms with Crippen molar-refractivity contribution in [2.45, 2.75) is 11.4 Å². The van der Waals surface area contributed by atoms with Gasteiger partial charge in [-0.2, -0.15) is 0 Å². The SMILES string of the molecule is Brc1ccc(SCCc2ccccn2)nc1. The molecule has 2 rings (SSSR count). The topological polar surface area (TPSA) is 25.8 Å². The van der Waals surface area contributed by atoms with Gasteiger partial charge in [0.25, 0.3) is 0 Å². The van der Waals surface area contributed by atoms with E-state index in [4.69, 9.17) is 0 Å². The summed E-state index contributed by atoms with van der Waals surface area (Å²) in [5.41, 5.74) is 1.13. The number of rotatable bonds is 4. The second-order valence-electron chi connectivity index (χ2n) is 3.23. The molecule has 0 bridgehead atoms. The molecule has 2 heterocycles. The lowest BCUT2D eigenvalue weighted by Crippen LogP contribution is -1.91. The first kappa shape index (κ1) is 11.6. The van der Waals surface area contributed by atoms with Crippen LogP contribution in [0.5, 0.6) is 0 Å². The van der Waals surface area contributed by atoms with Crippen LogP contribution in [0.4, 0.5) is 0 Å². The number of hydrogen-bond donors (Lipinski definition) is 0. The minimum absolute atomic E-state index is 0.975. The van der Waals surface area contributed by atoms with Crippen LogP contribution in [0.3, 0.4) is 0 Å². The summed E-state index contributed by atoms with van der Waals surface area (Å²) < 4.78 is 1.02. The molecule has 0 fully saturated rings. The zero-order chi connectivity index (χ0) is 11.2. The summed E-state index contributed by atoms with van der Waals surface area (Å²) in [5.74, 6) is 1.01. The predicted molar refractivity (Wildman–Crippen MR) is 70.6 cm³/mol. The van der Waals surface area contributed by atoms with Crippen molar-refractivity contribution < 1.29 is 0 Å². The van der Waals surface area contributed by atoms with Gasteiger partial charge in [0.05, 0.1) is 5.03 Å². The molecule has 0 aliphatic heterocycles. The van der Waals surface area contributed by atoms with E-state index >= 15 is 0 Å². The van der Waals surface area contributed by atoms with Crippen molar-refractivity contribution in [2.75, 3.05) is 5.75 Å². The van der Waals surface area contributed by atoms with E-state index in [9.17, 15) is 0 Å². The molecule has 0 atom stereocenters. The molecule has 0 unspecified atom stereocenters. The van der Waals surface area contributed by atoms with E-state index < -0.39 is 0 Å². The van der Waals surface area contributed by atoms with Crippen molar-refractivity contribution in [2.24, 2.45) is 0 Å². The summed E-state index contributed by atoms with van der Waals surface area (Å²) in [6.07, 6.45) is 4.63. The van der Waals surface area contributed by atoms with Gasteiger partial charge in [0, 0.05) is 28.3 Å². The molecule has 4 heteroatoms. The van der Waals surface area contributed by atoms with Gasteiger partial charge >= 0.3 is 0 Å². The monoisotopic (exact) mass is 294 g/mol. The van der Waals surface area contributed by atoms with Crippen molar-refractivity contribution in [3.05, 3.63) is 52.9 Å². The smallest absolute Gasteiger partial charge is 0.0960 e. The minimum Gasteiger partial charge on any atom is -0.261 e. The summed E-state index contributed by atoms with van der Waals surface area (Å²) in [5, 5.41) is 1.05. The fourth-order valence-corrected chi connectivity index (χ4v) is 2.30. The maximum atomic E-state index is 4.31. The molecular formula is C12H11BrN2S. The standard InChI is InChI=1S/C12H11BrN2S/c13-10-4-5-12(15-9-10)16-8-6-11-3-1-2-7-14-11/h1-5,7,9H,6,8H2. The highest BCUT2D eigenvalue weighted by Gasteiger charge is 1.97. The predicted octanol–water partition coefficient (Wildman–Crippen LogP) is 3.57. The molecular weight excluding hydrogens is 284 g/mol. The van der Waals surface area contributed by atoms with Crippen molar-refractivity contribution in [3.8, 4) is 0 Å². The largest absolute Gasteiger partial charge is 0.261 e. The quantitative estimate of drug-likeness (QED) is 0.806. The van der Waals surface area contributed by atoms with Crippen LogP contribution in [0.1, 0.15) is 5.69 Å². The minimum atomic E-state index is 0.975. The van der Waals surface area contributed by atoms with Gasteiger partial charge in [-0.15, -0.1) is 11.8 Å². The number of hydrogen-bond acceptors (Lipinski definition) is 3. The first-order valence-electron chi connectivity index (χ1n) is 4.99. The Morgan fingerprint density at radius 3 is 2.75 bits per heavy atom.